The Labute approximate surface area is 188 Å². The second-order valence-corrected chi connectivity index (χ2v) is 11.7. The van der Waals surface area contributed by atoms with Crippen LogP contribution in [0.5, 0.6) is 0 Å². The van der Waals surface area contributed by atoms with Gasteiger partial charge in [-0.05, 0) is 76.5 Å². The Bertz CT molecular complexity index is 1020. The van der Waals surface area contributed by atoms with Gasteiger partial charge in [-0.1, -0.05) is 39.0 Å². The molecule has 1 fully saturated rings. The molecule has 0 aliphatic carbocycles. The number of hydrogen-bond acceptors (Lipinski definition) is 3. The van der Waals surface area contributed by atoms with Crippen LogP contribution in [0.3, 0.4) is 0 Å². The second-order valence-electron chi connectivity index (χ2n) is 8.93. The quantitative estimate of drug-likeness (QED) is 0.645. The summed E-state index contributed by atoms with van der Waals surface area (Å²) >= 11 is 3.48. The van der Waals surface area contributed by atoms with Gasteiger partial charge in [0.1, 0.15) is 0 Å². The Morgan fingerprint density at radius 3 is 2.20 bits per heavy atom. The zero-order valence-electron chi connectivity index (χ0n) is 17.9. The van der Waals surface area contributed by atoms with Crippen molar-refractivity contribution in [1.82, 2.24) is 4.31 Å². The molecule has 0 spiro atoms. The molecule has 0 unspecified atom stereocenters. The van der Waals surface area contributed by atoms with E-state index in [2.05, 4.69) is 42.0 Å². The van der Waals surface area contributed by atoms with Crippen LogP contribution in [0, 0.1) is 12.8 Å². The highest BCUT2D eigenvalue weighted by Crippen LogP contribution is 2.29. The van der Waals surface area contributed by atoms with E-state index in [0.29, 0.717) is 30.8 Å². The van der Waals surface area contributed by atoms with Crippen molar-refractivity contribution in [2.24, 2.45) is 5.92 Å². The molecule has 5 nitrogen and oxygen atoms in total. The van der Waals surface area contributed by atoms with Gasteiger partial charge in [-0.3, -0.25) is 4.79 Å². The summed E-state index contributed by atoms with van der Waals surface area (Å²) in [6, 6.07) is 12.9. The SMILES string of the molecule is Cc1ccc(NC(=O)C2CCN(S(=O)(=O)c3ccc(C(C)(C)C)cc3)CC2)c(Br)c1. The van der Waals surface area contributed by atoms with Crippen LogP contribution in [0.2, 0.25) is 0 Å². The van der Waals surface area contributed by atoms with E-state index in [-0.39, 0.29) is 17.2 Å². The van der Waals surface area contributed by atoms with E-state index < -0.39 is 10.0 Å². The lowest BCUT2D eigenvalue weighted by molar-refractivity contribution is -0.120. The number of nitrogens with zero attached hydrogens (tertiary/aromatic N) is 1. The number of benzene rings is 2. The molecule has 3 rings (SSSR count). The molecule has 0 bridgehead atoms. The fraction of sp³-hybridized carbons (Fsp3) is 0.435. The number of hydrogen-bond donors (Lipinski definition) is 1. The Morgan fingerprint density at radius 1 is 1.07 bits per heavy atom. The maximum absolute atomic E-state index is 13.0. The predicted molar refractivity (Wildman–Crippen MR) is 124 cm³/mol. The summed E-state index contributed by atoms with van der Waals surface area (Å²) < 4.78 is 28.4. The number of sulfonamides is 1. The van der Waals surface area contributed by atoms with Crippen molar-refractivity contribution >= 4 is 37.5 Å². The van der Waals surface area contributed by atoms with Crippen LogP contribution < -0.4 is 5.32 Å². The molecule has 1 amide bonds. The summed E-state index contributed by atoms with van der Waals surface area (Å²) in [7, 11) is -3.55. The maximum Gasteiger partial charge on any atom is 0.243 e. The third kappa shape index (κ3) is 5.13. The molecule has 1 aliphatic rings. The Balaban J connectivity index is 1.63. The van der Waals surface area contributed by atoms with Crippen LogP contribution in [0.25, 0.3) is 0 Å². The van der Waals surface area contributed by atoms with Crippen LogP contribution in [-0.2, 0) is 20.2 Å². The monoisotopic (exact) mass is 492 g/mol. The van der Waals surface area contributed by atoms with Crippen molar-refractivity contribution in [3.8, 4) is 0 Å². The van der Waals surface area contributed by atoms with Crippen molar-refractivity contribution < 1.29 is 13.2 Å². The van der Waals surface area contributed by atoms with Crippen molar-refractivity contribution in [3.05, 3.63) is 58.1 Å². The lowest BCUT2D eigenvalue weighted by Gasteiger charge is -2.30. The second kappa shape index (κ2) is 8.81. The number of carbonyl (C=O) groups excluding carboxylic acids is 1. The Kier molecular flexibility index (Phi) is 6.75. The first kappa shape index (κ1) is 23.0. The molecule has 2 aromatic rings. The van der Waals surface area contributed by atoms with Gasteiger partial charge < -0.3 is 5.32 Å². The zero-order chi connectivity index (χ0) is 22.1. The number of halogens is 1. The molecule has 1 heterocycles. The highest BCUT2D eigenvalue weighted by atomic mass is 79.9. The standard InChI is InChI=1S/C23H29BrN2O3S/c1-16-5-10-21(20(24)15-16)25-22(27)17-11-13-26(14-12-17)30(28,29)19-8-6-18(7-9-19)23(2,3)4/h5-10,15,17H,11-14H2,1-4H3,(H,25,27). The normalized spacial score (nSPS) is 16.4. The highest BCUT2D eigenvalue weighted by Gasteiger charge is 2.32. The van der Waals surface area contributed by atoms with Gasteiger partial charge in [-0.15, -0.1) is 0 Å². The van der Waals surface area contributed by atoms with Crippen LogP contribution in [0.1, 0.15) is 44.7 Å². The van der Waals surface area contributed by atoms with E-state index in [1.165, 1.54) is 4.31 Å². The molecule has 0 saturated carbocycles. The van der Waals surface area contributed by atoms with Gasteiger partial charge in [0.25, 0.3) is 0 Å². The lowest BCUT2D eigenvalue weighted by atomic mass is 9.87. The van der Waals surface area contributed by atoms with Crippen LogP contribution in [-0.4, -0.2) is 31.7 Å². The molecule has 1 aliphatic heterocycles. The summed E-state index contributed by atoms with van der Waals surface area (Å²) in [4.78, 5) is 13.0. The van der Waals surface area contributed by atoms with Gasteiger partial charge in [0.05, 0.1) is 10.6 Å². The molecule has 0 atom stereocenters. The number of carbonyl (C=O) groups is 1. The highest BCUT2D eigenvalue weighted by molar-refractivity contribution is 9.10. The maximum atomic E-state index is 13.0. The summed E-state index contributed by atoms with van der Waals surface area (Å²) in [5.74, 6) is -0.265. The zero-order valence-corrected chi connectivity index (χ0v) is 20.3. The molecular weight excluding hydrogens is 464 g/mol. The first-order valence-electron chi connectivity index (χ1n) is 10.2. The molecule has 2 aromatic carbocycles. The minimum absolute atomic E-state index is 0.0273. The molecular formula is C23H29BrN2O3S. The first-order chi connectivity index (χ1) is 14.0. The number of rotatable bonds is 4. The largest absolute Gasteiger partial charge is 0.325 e. The van der Waals surface area contributed by atoms with Gasteiger partial charge in [0.2, 0.25) is 15.9 Å². The van der Waals surface area contributed by atoms with Crippen molar-refractivity contribution in [1.29, 1.82) is 0 Å². The predicted octanol–water partition coefficient (Wildman–Crippen LogP) is 5.09. The third-order valence-corrected chi connectivity index (χ3v) is 8.13. The molecule has 7 heteroatoms. The van der Waals surface area contributed by atoms with Crippen LogP contribution >= 0.6 is 15.9 Å². The average molecular weight is 493 g/mol. The van der Waals surface area contributed by atoms with E-state index in [1.54, 1.807) is 12.1 Å². The minimum Gasteiger partial charge on any atom is -0.325 e. The fourth-order valence-electron chi connectivity index (χ4n) is 3.59. The summed E-state index contributed by atoms with van der Waals surface area (Å²) in [5, 5.41) is 2.96. The van der Waals surface area contributed by atoms with E-state index in [9.17, 15) is 13.2 Å². The van der Waals surface area contributed by atoms with Gasteiger partial charge in [-0.2, -0.15) is 4.31 Å². The van der Waals surface area contributed by atoms with Gasteiger partial charge in [0, 0.05) is 23.5 Å². The molecule has 0 radical (unpaired) electrons. The summed E-state index contributed by atoms with van der Waals surface area (Å²) in [6.45, 7) is 8.97. The van der Waals surface area contributed by atoms with E-state index in [4.69, 9.17) is 0 Å². The van der Waals surface area contributed by atoms with Crippen molar-refractivity contribution in [2.45, 2.75) is 50.8 Å². The van der Waals surface area contributed by atoms with Gasteiger partial charge >= 0.3 is 0 Å². The molecule has 0 aromatic heterocycles. The van der Waals surface area contributed by atoms with Crippen LogP contribution in [0.4, 0.5) is 5.69 Å². The molecule has 162 valence electrons. The number of aryl methyl sites for hydroxylation is 1. The van der Waals surface area contributed by atoms with E-state index in [0.717, 1.165) is 21.3 Å². The first-order valence-corrected chi connectivity index (χ1v) is 12.4. The Morgan fingerprint density at radius 2 is 1.67 bits per heavy atom. The Hall–Kier alpha value is -1.70. The number of amides is 1. The molecule has 1 saturated heterocycles. The van der Waals surface area contributed by atoms with Crippen molar-refractivity contribution in [3.63, 3.8) is 0 Å². The third-order valence-electron chi connectivity index (χ3n) is 5.57. The number of piperidine rings is 1. The van der Waals surface area contributed by atoms with Gasteiger partial charge in [-0.25, -0.2) is 8.42 Å². The molecule has 1 N–H and O–H groups in total. The van der Waals surface area contributed by atoms with Crippen molar-refractivity contribution in [2.75, 3.05) is 18.4 Å². The summed E-state index contributed by atoms with van der Waals surface area (Å²) in [6.07, 6.45) is 1.02. The summed E-state index contributed by atoms with van der Waals surface area (Å²) in [5.41, 5.74) is 2.91. The van der Waals surface area contributed by atoms with E-state index >= 15 is 0 Å². The smallest absolute Gasteiger partial charge is 0.243 e. The molecule has 30 heavy (non-hydrogen) atoms. The fourth-order valence-corrected chi connectivity index (χ4v) is 5.65. The lowest BCUT2D eigenvalue weighted by Crippen LogP contribution is -2.41. The van der Waals surface area contributed by atoms with Gasteiger partial charge in [0.15, 0.2) is 0 Å². The number of nitrogens with one attached hydrogen (secondary N) is 1. The van der Waals surface area contributed by atoms with Crippen LogP contribution in [0.15, 0.2) is 51.8 Å². The topological polar surface area (TPSA) is 66.5 Å². The van der Waals surface area contributed by atoms with E-state index in [1.807, 2.05) is 37.3 Å². The number of anilines is 1. The average Bonchev–Trinajstić information content (AvgIpc) is 2.69. The minimum atomic E-state index is -3.55.